The number of ether oxygens (including phenoxy) is 1. The average molecular weight is 376 g/mol. The van der Waals surface area contributed by atoms with Gasteiger partial charge >= 0.3 is 5.97 Å². The summed E-state index contributed by atoms with van der Waals surface area (Å²) in [5.41, 5.74) is 1.50. The summed E-state index contributed by atoms with van der Waals surface area (Å²) in [5, 5.41) is 7.40. The molecule has 140 valence electrons. The van der Waals surface area contributed by atoms with Crippen molar-refractivity contribution in [2.75, 3.05) is 0 Å². The van der Waals surface area contributed by atoms with E-state index >= 15 is 0 Å². The van der Waals surface area contributed by atoms with Gasteiger partial charge in [-0.3, -0.25) is 18.8 Å². The molecule has 8 heteroatoms. The average Bonchev–Trinajstić information content (AvgIpc) is 2.69. The third-order valence-corrected chi connectivity index (χ3v) is 4.40. The van der Waals surface area contributed by atoms with Crippen molar-refractivity contribution in [3.8, 4) is 0 Å². The number of aromatic amines is 1. The van der Waals surface area contributed by atoms with Crippen molar-refractivity contribution in [2.45, 2.75) is 20.0 Å². The number of pyridine rings is 1. The highest BCUT2D eigenvalue weighted by molar-refractivity contribution is 5.86. The molecule has 0 amide bonds. The maximum Gasteiger partial charge on any atom is 0.312 e. The first-order valence-corrected chi connectivity index (χ1v) is 8.63. The highest BCUT2D eigenvalue weighted by atomic mass is 16.5. The molecule has 0 bridgehead atoms. The fourth-order valence-corrected chi connectivity index (χ4v) is 3.09. The molecule has 0 aliphatic heterocycles. The molecule has 0 saturated carbocycles. The number of carbonyl (C=O) groups excluding carboxylic acids is 1. The first-order valence-electron chi connectivity index (χ1n) is 8.63. The number of carbonyl (C=O) groups is 1. The van der Waals surface area contributed by atoms with E-state index in [1.807, 2.05) is 13.0 Å². The molecule has 3 aromatic heterocycles. The van der Waals surface area contributed by atoms with E-state index in [0.717, 1.165) is 5.69 Å². The lowest BCUT2D eigenvalue weighted by molar-refractivity contribution is -0.144. The Morgan fingerprint density at radius 1 is 1.11 bits per heavy atom. The second kappa shape index (κ2) is 7.07. The van der Waals surface area contributed by atoms with E-state index in [4.69, 9.17) is 4.74 Å². The first-order chi connectivity index (χ1) is 13.5. The fraction of sp³-hybridized carbons (Fsp3) is 0.150. The number of fused-ring (bicyclic) bond motifs is 2. The SMILES string of the molecule is Cc1cccc2nc(COC(=O)Cc3n[nH]c(=O)c4ccccc34)cc(=O)n12. The number of benzene rings is 1. The molecule has 1 aromatic carbocycles. The summed E-state index contributed by atoms with van der Waals surface area (Å²) in [6.45, 7) is 1.69. The fourth-order valence-electron chi connectivity index (χ4n) is 3.09. The number of esters is 1. The highest BCUT2D eigenvalue weighted by Crippen LogP contribution is 2.13. The van der Waals surface area contributed by atoms with Crippen LogP contribution in [-0.4, -0.2) is 25.6 Å². The van der Waals surface area contributed by atoms with Crippen LogP contribution in [0.2, 0.25) is 0 Å². The summed E-state index contributed by atoms with van der Waals surface area (Å²) < 4.78 is 6.75. The molecule has 0 atom stereocenters. The minimum Gasteiger partial charge on any atom is -0.459 e. The van der Waals surface area contributed by atoms with E-state index in [-0.39, 0.29) is 24.1 Å². The molecular weight excluding hydrogens is 360 g/mol. The quantitative estimate of drug-likeness (QED) is 0.541. The Hall–Kier alpha value is -3.81. The molecule has 0 fully saturated rings. The van der Waals surface area contributed by atoms with Crippen LogP contribution in [0.4, 0.5) is 0 Å². The van der Waals surface area contributed by atoms with Gasteiger partial charge in [-0.25, -0.2) is 10.1 Å². The lowest BCUT2D eigenvalue weighted by Gasteiger charge is -2.08. The van der Waals surface area contributed by atoms with Crippen LogP contribution in [0, 0.1) is 6.92 Å². The van der Waals surface area contributed by atoms with E-state index in [0.29, 0.717) is 27.8 Å². The van der Waals surface area contributed by atoms with E-state index in [9.17, 15) is 14.4 Å². The third kappa shape index (κ3) is 3.27. The van der Waals surface area contributed by atoms with Gasteiger partial charge in [0, 0.05) is 17.1 Å². The van der Waals surface area contributed by atoms with E-state index in [1.165, 1.54) is 10.5 Å². The van der Waals surface area contributed by atoms with Gasteiger partial charge in [0.05, 0.1) is 23.2 Å². The number of nitrogens with one attached hydrogen (secondary N) is 1. The van der Waals surface area contributed by atoms with Crippen molar-refractivity contribution >= 4 is 22.4 Å². The van der Waals surface area contributed by atoms with Crippen molar-refractivity contribution in [3.05, 3.63) is 86.3 Å². The maximum absolute atomic E-state index is 12.3. The van der Waals surface area contributed by atoms with Crippen LogP contribution in [0.1, 0.15) is 17.1 Å². The molecule has 0 aliphatic carbocycles. The zero-order valence-electron chi connectivity index (χ0n) is 15.0. The number of aromatic nitrogens is 4. The lowest BCUT2D eigenvalue weighted by Crippen LogP contribution is -2.19. The van der Waals surface area contributed by atoms with E-state index in [1.54, 1.807) is 36.4 Å². The molecule has 0 radical (unpaired) electrons. The summed E-state index contributed by atoms with van der Waals surface area (Å²) in [6.07, 6.45) is -0.108. The second-order valence-electron chi connectivity index (χ2n) is 6.33. The summed E-state index contributed by atoms with van der Waals surface area (Å²) in [5.74, 6) is -0.532. The number of hydrogen-bond donors (Lipinski definition) is 1. The van der Waals surface area contributed by atoms with Crippen LogP contribution in [0.15, 0.2) is 58.1 Å². The van der Waals surface area contributed by atoms with Gasteiger partial charge < -0.3 is 4.74 Å². The van der Waals surface area contributed by atoms with Crippen molar-refractivity contribution in [2.24, 2.45) is 0 Å². The number of aryl methyl sites for hydroxylation is 1. The number of rotatable bonds is 4. The Balaban J connectivity index is 1.53. The highest BCUT2D eigenvalue weighted by Gasteiger charge is 2.13. The van der Waals surface area contributed by atoms with Gasteiger partial charge in [0.1, 0.15) is 12.3 Å². The largest absolute Gasteiger partial charge is 0.459 e. The first kappa shape index (κ1) is 17.6. The molecule has 0 unspecified atom stereocenters. The molecule has 3 heterocycles. The predicted molar refractivity (Wildman–Crippen MR) is 102 cm³/mol. The monoisotopic (exact) mass is 376 g/mol. The molecule has 4 rings (SSSR count). The lowest BCUT2D eigenvalue weighted by atomic mass is 10.1. The molecule has 0 saturated heterocycles. The standard InChI is InChI=1S/C20H16N4O4/c1-12-5-4-8-17-21-13(9-18(25)24(12)17)11-28-19(26)10-16-14-6-2-3-7-15(14)20(27)23-22-16/h2-9H,10-11H2,1H3,(H,23,27). The Labute approximate surface area is 158 Å². The van der Waals surface area contributed by atoms with Gasteiger partial charge in [-0.1, -0.05) is 24.3 Å². The van der Waals surface area contributed by atoms with Crippen LogP contribution in [-0.2, 0) is 22.6 Å². The van der Waals surface area contributed by atoms with Crippen molar-refractivity contribution in [1.29, 1.82) is 0 Å². The van der Waals surface area contributed by atoms with Crippen LogP contribution >= 0.6 is 0 Å². The van der Waals surface area contributed by atoms with Gasteiger partial charge in [-0.05, 0) is 25.1 Å². The summed E-state index contributed by atoms with van der Waals surface area (Å²) in [4.78, 5) is 40.7. The normalized spacial score (nSPS) is 11.0. The van der Waals surface area contributed by atoms with Crippen LogP contribution in [0.25, 0.3) is 16.4 Å². The van der Waals surface area contributed by atoms with Crippen molar-refractivity contribution in [3.63, 3.8) is 0 Å². The minimum absolute atomic E-state index is 0.108. The molecule has 8 nitrogen and oxygen atoms in total. The smallest absolute Gasteiger partial charge is 0.312 e. The van der Waals surface area contributed by atoms with Crippen molar-refractivity contribution < 1.29 is 9.53 Å². The number of nitrogens with zero attached hydrogens (tertiary/aromatic N) is 3. The molecule has 0 spiro atoms. The molecule has 28 heavy (non-hydrogen) atoms. The number of H-pyrrole nitrogens is 1. The second-order valence-corrected chi connectivity index (χ2v) is 6.33. The Kier molecular flexibility index (Phi) is 4.44. The van der Waals surface area contributed by atoms with Gasteiger partial charge in [0.2, 0.25) is 0 Å². The topological polar surface area (TPSA) is 106 Å². The zero-order chi connectivity index (χ0) is 19.7. The number of hydrogen-bond acceptors (Lipinski definition) is 6. The predicted octanol–water partition coefficient (Wildman–Crippen LogP) is 1.53. The molecule has 0 aliphatic rings. The Bertz CT molecular complexity index is 1320. The van der Waals surface area contributed by atoms with Gasteiger partial charge in [-0.2, -0.15) is 5.10 Å². The van der Waals surface area contributed by atoms with Crippen LogP contribution in [0.3, 0.4) is 0 Å². The molecule has 4 aromatic rings. The minimum atomic E-state index is -0.532. The van der Waals surface area contributed by atoms with Gasteiger partial charge in [0.25, 0.3) is 11.1 Å². The molecule has 1 N–H and O–H groups in total. The summed E-state index contributed by atoms with van der Waals surface area (Å²) >= 11 is 0. The van der Waals surface area contributed by atoms with Crippen molar-refractivity contribution in [1.82, 2.24) is 19.6 Å². The van der Waals surface area contributed by atoms with Gasteiger partial charge in [0.15, 0.2) is 0 Å². The molecular formula is C20H16N4O4. The zero-order valence-corrected chi connectivity index (χ0v) is 15.0. The van der Waals surface area contributed by atoms with Crippen LogP contribution in [0.5, 0.6) is 0 Å². The summed E-state index contributed by atoms with van der Waals surface area (Å²) in [7, 11) is 0. The van der Waals surface area contributed by atoms with Crippen LogP contribution < -0.4 is 11.1 Å². The van der Waals surface area contributed by atoms with Gasteiger partial charge in [-0.15, -0.1) is 0 Å². The van der Waals surface area contributed by atoms with E-state index < -0.39 is 5.97 Å². The Morgan fingerprint density at radius 2 is 1.89 bits per heavy atom. The third-order valence-electron chi connectivity index (χ3n) is 4.40. The Morgan fingerprint density at radius 3 is 2.71 bits per heavy atom. The summed E-state index contributed by atoms with van der Waals surface area (Å²) in [6, 6.07) is 13.6. The van der Waals surface area contributed by atoms with E-state index in [2.05, 4.69) is 15.2 Å². The maximum atomic E-state index is 12.3.